The molecule has 2 aliphatic heterocycles. The van der Waals surface area contributed by atoms with Crippen LogP contribution in [0.1, 0.15) is 16.1 Å². The van der Waals surface area contributed by atoms with Crippen molar-refractivity contribution in [2.75, 3.05) is 19.9 Å². The van der Waals surface area contributed by atoms with E-state index in [2.05, 4.69) is 6.07 Å². The smallest absolute Gasteiger partial charge is 0.254 e. The fourth-order valence-electron chi connectivity index (χ4n) is 3.92. The highest BCUT2D eigenvalue weighted by Crippen LogP contribution is 2.33. The van der Waals surface area contributed by atoms with Crippen LogP contribution in [0, 0.1) is 5.92 Å². The van der Waals surface area contributed by atoms with Crippen LogP contribution in [0.4, 0.5) is 0 Å². The number of para-hydroxylation sites is 1. The third-order valence-corrected chi connectivity index (χ3v) is 5.44. The number of β-amino-alcohol motifs (C(OH)–C–C–N with tert-alkyl or cyclic N) is 1. The number of hydrogen-bond donors (Lipinski definition) is 1. The van der Waals surface area contributed by atoms with Crippen molar-refractivity contribution in [2.24, 2.45) is 5.92 Å². The minimum atomic E-state index is -0.564. The molecule has 1 aromatic heterocycles. The molecule has 2 atom stereocenters. The normalized spacial score (nSPS) is 20.7. The van der Waals surface area contributed by atoms with Gasteiger partial charge in [0.25, 0.3) is 5.91 Å². The second-order valence-electron chi connectivity index (χ2n) is 7.31. The molecule has 1 amide bonds. The Morgan fingerprint density at radius 1 is 1.07 bits per heavy atom. The highest BCUT2D eigenvalue weighted by Gasteiger charge is 2.35. The highest BCUT2D eigenvalue weighted by atomic mass is 16.7. The van der Waals surface area contributed by atoms with Gasteiger partial charge in [0, 0.05) is 35.7 Å². The number of ether oxygens (including phenoxy) is 2. The van der Waals surface area contributed by atoms with Crippen LogP contribution in [0.2, 0.25) is 0 Å². The molecule has 28 heavy (non-hydrogen) atoms. The van der Waals surface area contributed by atoms with E-state index in [0.29, 0.717) is 36.6 Å². The Hall–Kier alpha value is -3.12. The largest absolute Gasteiger partial charge is 0.454 e. The first-order valence-electron chi connectivity index (χ1n) is 9.39. The number of carbonyl (C=O) groups excluding carboxylic acids is 1. The fraction of sp³-hybridized carbons (Fsp3) is 0.273. The summed E-state index contributed by atoms with van der Waals surface area (Å²) in [6, 6.07) is 17.2. The third-order valence-electron chi connectivity index (χ3n) is 5.44. The van der Waals surface area contributed by atoms with E-state index in [1.54, 1.807) is 23.1 Å². The molecule has 1 fully saturated rings. The number of pyridine rings is 1. The molecule has 0 unspecified atom stereocenters. The lowest BCUT2D eigenvalue weighted by atomic mass is 9.99. The summed E-state index contributed by atoms with van der Waals surface area (Å²) in [6.45, 7) is 1.00. The molecule has 0 radical (unpaired) electrons. The zero-order valence-electron chi connectivity index (χ0n) is 15.2. The molecule has 0 saturated carbocycles. The van der Waals surface area contributed by atoms with Crippen LogP contribution in [-0.2, 0) is 6.42 Å². The van der Waals surface area contributed by atoms with Gasteiger partial charge in [0.2, 0.25) is 6.79 Å². The monoisotopic (exact) mass is 376 g/mol. The van der Waals surface area contributed by atoms with Crippen molar-refractivity contribution in [1.82, 2.24) is 9.88 Å². The second kappa shape index (κ2) is 6.80. The van der Waals surface area contributed by atoms with E-state index < -0.39 is 6.10 Å². The van der Waals surface area contributed by atoms with Crippen LogP contribution in [0.15, 0.2) is 54.6 Å². The number of rotatable bonds is 3. The van der Waals surface area contributed by atoms with Crippen LogP contribution >= 0.6 is 0 Å². The summed E-state index contributed by atoms with van der Waals surface area (Å²) in [4.78, 5) is 19.3. The number of aliphatic hydroxyl groups is 1. The van der Waals surface area contributed by atoms with Crippen LogP contribution in [0.5, 0.6) is 11.5 Å². The molecule has 0 aliphatic carbocycles. The minimum absolute atomic E-state index is 0.0355. The van der Waals surface area contributed by atoms with Crippen molar-refractivity contribution in [3.63, 3.8) is 0 Å². The number of amides is 1. The van der Waals surface area contributed by atoms with Gasteiger partial charge in [0.05, 0.1) is 11.6 Å². The van der Waals surface area contributed by atoms with Gasteiger partial charge in [-0.15, -0.1) is 0 Å². The van der Waals surface area contributed by atoms with E-state index in [9.17, 15) is 9.90 Å². The summed E-state index contributed by atoms with van der Waals surface area (Å²) >= 11 is 0. The molecule has 0 bridgehead atoms. The number of carbonyl (C=O) groups is 1. The number of aliphatic hydroxyl groups excluding tert-OH is 1. The lowest BCUT2D eigenvalue weighted by Crippen LogP contribution is -2.29. The van der Waals surface area contributed by atoms with E-state index >= 15 is 0 Å². The molecule has 142 valence electrons. The Bertz CT molecular complexity index is 1050. The van der Waals surface area contributed by atoms with Crippen molar-refractivity contribution < 1.29 is 19.4 Å². The van der Waals surface area contributed by atoms with Crippen molar-refractivity contribution in [2.45, 2.75) is 12.5 Å². The maximum Gasteiger partial charge on any atom is 0.254 e. The maximum absolute atomic E-state index is 12.9. The number of fused-ring (bicyclic) bond motifs is 2. The van der Waals surface area contributed by atoms with Gasteiger partial charge in [0.15, 0.2) is 11.5 Å². The summed E-state index contributed by atoms with van der Waals surface area (Å²) < 4.78 is 10.7. The van der Waals surface area contributed by atoms with Gasteiger partial charge >= 0.3 is 0 Å². The quantitative estimate of drug-likeness (QED) is 0.761. The van der Waals surface area contributed by atoms with Gasteiger partial charge in [-0.2, -0.15) is 0 Å². The third kappa shape index (κ3) is 3.05. The Kier molecular flexibility index (Phi) is 4.13. The molecular formula is C22H20N2O4. The standard InChI is InChI=1S/C22H20N2O4/c25-19-12-24(22(26)15-6-8-20-21(10-15)28-13-27-20)11-16(19)9-17-7-5-14-3-1-2-4-18(14)23-17/h1-8,10,16,19,25H,9,11-13H2/t16-,19-/m1/s1. The van der Waals surface area contributed by atoms with Gasteiger partial charge in [0.1, 0.15) is 0 Å². The van der Waals surface area contributed by atoms with Crippen molar-refractivity contribution in [3.05, 3.63) is 65.9 Å². The van der Waals surface area contributed by atoms with E-state index in [1.165, 1.54) is 0 Å². The van der Waals surface area contributed by atoms with Gasteiger partial charge in [-0.25, -0.2) is 0 Å². The molecule has 0 spiro atoms. The summed E-state index contributed by atoms with van der Waals surface area (Å²) in [5, 5.41) is 11.6. The van der Waals surface area contributed by atoms with Gasteiger partial charge in [-0.1, -0.05) is 24.3 Å². The first kappa shape index (κ1) is 17.0. The average molecular weight is 376 g/mol. The van der Waals surface area contributed by atoms with Crippen LogP contribution in [-0.4, -0.2) is 46.9 Å². The Balaban J connectivity index is 1.31. The summed E-state index contributed by atoms with van der Waals surface area (Å²) in [5.41, 5.74) is 2.42. The number of likely N-dealkylation sites (tertiary alicyclic amines) is 1. The molecule has 2 aromatic carbocycles. The molecular weight excluding hydrogens is 356 g/mol. The predicted octanol–water partition coefficient (Wildman–Crippen LogP) is 2.64. The van der Waals surface area contributed by atoms with E-state index in [-0.39, 0.29) is 18.6 Å². The molecule has 3 heterocycles. The van der Waals surface area contributed by atoms with Crippen LogP contribution in [0.25, 0.3) is 10.9 Å². The molecule has 6 heteroatoms. The Morgan fingerprint density at radius 2 is 1.93 bits per heavy atom. The van der Waals surface area contributed by atoms with Crippen molar-refractivity contribution >= 4 is 16.8 Å². The van der Waals surface area contributed by atoms with E-state index in [4.69, 9.17) is 14.5 Å². The van der Waals surface area contributed by atoms with E-state index in [0.717, 1.165) is 16.6 Å². The molecule has 1 saturated heterocycles. The zero-order chi connectivity index (χ0) is 19.1. The molecule has 2 aliphatic rings. The van der Waals surface area contributed by atoms with Gasteiger partial charge < -0.3 is 19.5 Å². The fourth-order valence-corrected chi connectivity index (χ4v) is 3.92. The van der Waals surface area contributed by atoms with Crippen LogP contribution < -0.4 is 9.47 Å². The first-order valence-corrected chi connectivity index (χ1v) is 9.39. The summed E-state index contributed by atoms with van der Waals surface area (Å²) in [5.74, 6) is 1.10. The SMILES string of the molecule is O=C(c1ccc2c(c1)OCO2)N1C[C@@H](Cc2ccc3ccccc3n2)[C@H](O)C1. The number of benzene rings is 2. The van der Waals surface area contributed by atoms with Gasteiger partial charge in [-0.3, -0.25) is 9.78 Å². The van der Waals surface area contributed by atoms with E-state index in [1.807, 2.05) is 30.3 Å². The number of aromatic nitrogens is 1. The van der Waals surface area contributed by atoms with Crippen molar-refractivity contribution in [3.8, 4) is 11.5 Å². The molecule has 6 nitrogen and oxygen atoms in total. The number of nitrogens with zero attached hydrogens (tertiary/aromatic N) is 2. The lowest BCUT2D eigenvalue weighted by Gasteiger charge is -2.16. The Morgan fingerprint density at radius 3 is 2.86 bits per heavy atom. The topological polar surface area (TPSA) is 71.9 Å². The van der Waals surface area contributed by atoms with Gasteiger partial charge in [-0.05, 0) is 36.8 Å². The molecule has 5 rings (SSSR count). The predicted molar refractivity (Wildman–Crippen MR) is 103 cm³/mol. The zero-order valence-corrected chi connectivity index (χ0v) is 15.2. The van der Waals surface area contributed by atoms with Crippen molar-refractivity contribution in [1.29, 1.82) is 0 Å². The minimum Gasteiger partial charge on any atom is -0.454 e. The summed E-state index contributed by atoms with van der Waals surface area (Å²) in [7, 11) is 0. The molecule has 3 aromatic rings. The van der Waals surface area contributed by atoms with Crippen LogP contribution in [0.3, 0.4) is 0 Å². The lowest BCUT2D eigenvalue weighted by molar-refractivity contribution is 0.0764. The highest BCUT2D eigenvalue weighted by molar-refractivity contribution is 5.95. The number of hydrogen-bond acceptors (Lipinski definition) is 5. The first-order chi connectivity index (χ1) is 13.7. The molecule has 1 N–H and O–H groups in total. The second-order valence-corrected chi connectivity index (χ2v) is 7.31. The maximum atomic E-state index is 12.9. The summed E-state index contributed by atoms with van der Waals surface area (Å²) in [6.07, 6.45) is 0.0722. The average Bonchev–Trinajstić information content (AvgIpc) is 3.33. The Labute approximate surface area is 162 Å².